The van der Waals surface area contributed by atoms with Crippen molar-refractivity contribution in [2.24, 2.45) is 11.8 Å². The summed E-state index contributed by atoms with van der Waals surface area (Å²) in [5.41, 5.74) is 1.63. The highest BCUT2D eigenvalue weighted by molar-refractivity contribution is 5.77. The summed E-state index contributed by atoms with van der Waals surface area (Å²) in [4.78, 5) is 12.5. The molecule has 0 radical (unpaired) electrons. The first-order valence-corrected chi connectivity index (χ1v) is 8.69. The van der Waals surface area contributed by atoms with Crippen LogP contribution in [0.2, 0.25) is 0 Å². The van der Waals surface area contributed by atoms with Gasteiger partial charge < -0.3 is 9.47 Å². The van der Waals surface area contributed by atoms with Crippen molar-refractivity contribution in [1.29, 1.82) is 5.26 Å². The van der Waals surface area contributed by atoms with Crippen LogP contribution in [0.1, 0.15) is 44.7 Å². The predicted molar refractivity (Wildman–Crippen MR) is 92.4 cm³/mol. The van der Waals surface area contributed by atoms with Gasteiger partial charge >= 0.3 is 5.97 Å². The molecular weight excluding hydrogens is 302 g/mol. The van der Waals surface area contributed by atoms with Crippen molar-refractivity contribution in [3.05, 3.63) is 35.4 Å². The summed E-state index contributed by atoms with van der Waals surface area (Å²) in [5, 5.41) is 9.79. The summed E-state index contributed by atoms with van der Waals surface area (Å²) < 4.78 is 11.1. The van der Waals surface area contributed by atoms with Gasteiger partial charge in [-0.1, -0.05) is 43.7 Å². The Morgan fingerprint density at radius 3 is 2.62 bits per heavy atom. The molecule has 24 heavy (non-hydrogen) atoms. The van der Waals surface area contributed by atoms with Crippen molar-refractivity contribution in [2.45, 2.75) is 52.1 Å². The Balaban J connectivity index is 2.50. The number of rotatable bonds is 5. The van der Waals surface area contributed by atoms with Gasteiger partial charge in [-0.05, 0) is 38.2 Å². The summed E-state index contributed by atoms with van der Waals surface area (Å²) in [6, 6.07) is 10.4. The number of aryl methyl sites for hydroxylation is 1. The lowest BCUT2D eigenvalue weighted by molar-refractivity contribution is -0.151. The monoisotopic (exact) mass is 329 g/mol. The van der Waals surface area contributed by atoms with E-state index in [1.54, 1.807) is 6.92 Å². The smallest absolute Gasteiger partial charge is 0.324 e. The van der Waals surface area contributed by atoms with Crippen LogP contribution < -0.4 is 0 Å². The van der Waals surface area contributed by atoms with E-state index < -0.39 is 17.3 Å². The van der Waals surface area contributed by atoms with Crippen LogP contribution in [-0.4, -0.2) is 25.3 Å². The third-order valence-electron chi connectivity index (χ3n) is 5.02. The van der Waals surface area contributed by atoms with Crippen LogP contribution in [0.3, 0.4) is 0 Å². The van der Waals surface area contributed by atoms with Crippen molar-refractivity contribution in [3.63, 3.8) is 0 Å². The first kappa shape index (κ1) is 18.5. The molecule has 0 aromatic heterocycles. The fourth-order valence-electron chi connectivity index (χ4n) is 3.54. The molecule has 0 N–H and O–H groups in total. The molecule has 4 heteroatoms. The van der Waals surface area contributed by atoms with Gasteiger partial charge in [-0.3, -0.25) is 4.79 Å². The summed E-state index contributed by atoms with van der Waals surface area (Å²) >= 11 is 0. The van der Waals surface area contributed by atoms with Crippen molar-refractivity contribution < 1.29 is 14.3 Å². The zero-order chi connectivity index (χ0) is 17.7. The fourth-order valence-corrected chi connectivity index (χ4v) is 3.54. The van der Waals surface area contributed by atoms with Gasteiger partial charge in [0.05, 0.1) is 18.8 Å². The van der Waals surface area contributed by atoms with Crippen LogP contribution in [-0.2, 0) is 19.7 Å². The Morgan fingerprint density at radius 2 is 2.08 bits per heavy atom. The normalized spacial score (nSPS) is 25.1. The molecule has 130 valence electrons. The first-order valence-electron chi connectivity index (χ1n) is 8.69. The second kappa shape index (κ2) is 7.81. The maximum Gasteiger partial charge on any atom is 0.324 e. The molecule has 1 aliphatic heterocycles. The zero-order valence-corrected chi connectivity index (χ0v) is 15.0. The van der Waals surface area contributed by atoms with Gasteiger partial charge in [0.2, 0.25) is 0 Å². The van der Waals surface area contributed by atoms with E-state index in [9.17, 15) is 10.1 Å². The maximum absolute atomic E-state index is 12.5. The van der Waals surface area contributed by atoms with Gasteiger partial charge in [0.15, 0.2) is 5.92 Å². The number of carbonyl (C=O) groups is 1. The number of hydrogen-bond acceptors (Lipinski definition) is 4. The number of hydrogen-bond donors (Lipinski definition) is 0. The minimum Gasteiger partial charge on any atom is -0.465 e. The number of nitriles is 1. The molecule has 4 nitrogen and oxygen atoms in total. The summed E-state index contributed by atoms with van der Waals surface area (Å²) in [6.07, 6.45) is 1.34. The third kappa shape index (κ3) is 3.62. The summed E-state index contributed by atoms with van der Waals surface area (Å²) in [5.74, 6) is -0.910. The van der Waals surface area contributed by atoms with Crippen LogP contribution in [0.4, 0.5) is 0 Å². The summed E-state index contributed by atoms with van der Waals surface area (Å²) in [6.45, 7) is 8.86. The van der Waals surface area contributed by atoms with E-state index in [0.29, 0.717) is 25.4 Å². The molecule has 0 spiro atoms. The molecule has 2 rings (SSSR count). The molecule has 3 atom stereocenters. The van der Waals surface area contributed by atoms with Crippen LogP contribution >= 0.6 is 0 Å². The minimum atomic E-state index is -0.815. The average molecular weight is 329 g/mol. The molecule has 1 heterocycles. The third-order valence-corrected chi connectivity index (χ3v) is 5.02. The van der Waals surface area contributed by atoms with E-state index in [0.717, 1.165) is 11.1 Å². The number of ether oxygens (including phenoxy) is 2. The first-order chi connectivity index (χ1) is 11.4. The van der Waals surface area contributed by atoms with Crippen molar-refractivity contribution in [3.8, 4) is 6.07 Å². The summed E-state index contributed by atoms with van der Waals surface area (Å²) in [7, 11) is 0. The molecule has 0 amide bonds. The largest absolute Gasteiger partial charge is 0.465 e. The fraction of sp³-hybridized carbons (Fsp3) is 0.600. The number of benzene rings is 1. The van der Waals surface area contributed by atoms with Gasteiger partial charge in [0, 0.05) is 12.0 Å². The average Bonchev–Trinajstić information content (AvgIpc) is 2.56. The Labute approximate surface area is 144 Å². The molecular formula is C20H27NO3. The second-order valence-electron chi connectivity index (χ2n) is 6.94. The lowest BCUT2D eigenvalue weighted by Crippen LogP contribution is -2.48. The van der Waals surface area contributed by atoms with Gasteiger partial charge in [0.25, 0.3) is 0 Å². The zero-order valence-electron chi connectivity index (χ0n) is 15.0. The highest BCUT2D eigenvalue weighted by Crippen LogP contribution is 2.45. The lowest BCUT2D eigenvalue weighted by Gasteiger charge is -2.44. The van der Waals surface area contributed by atoms with E-state index in [1.807, 2.05) is 31.2 Å². The Bertz CT molecular complexity index is 602. The quantitative estimate of drug-likeness (QED) is 0.772. The van der Waals surface area contributed by atoms with E-state index >= 15 is 0 Å². The predicted octanol–water partition coefficient (Wildman–Crippen LogP) is 3.77. The molecule has 1 aromatic rings. The Morgan fingerprint density at radius 1 is 1.42 bits per heavy atom. The SMILES string of the molecule is CCOC(=O)C(C#N)C1(c2ccc(C)cc2)CCOC(C(C)C)C1. The highest BCUT2D eigenvalue weighted by atomic mass is 16.5. The van der Waals surface area contributed by atoms with Crippen LogP contribution in [0.25, 0.3) is 0 Å². The van der Waals surface area contributed by atoms with E-state index in [1.165, 1.54) is 0 Å². The molecule has 1 aromatic carbocycles. The molecule has 3 unspecified atom stereocenters. The molecule has 1 fully saturated rings. The topological polar surface area (TPSA) is 59.3 Å². The lowest BCUT2D eigenvalue weighted by atomic mass is 9.63. The Kier molecular flexibility index (Phi) is 6.01. The van der Waals surface area contributed by atoms with Crippen molar-refractivity contribution in [2.75, 3.05) is 13.2 Å². The minimum absolute atomic E-state index is 0.0327. The van der Waals surface area contributed by atoms with Gasteiger partial charge in [-0.2, -0.15) is 5.26 Å². The standard InChI is InChI=1S/C20H27NO3/c1-5-23-19(22)17(13-21)20(16-8-6-15(4)7-9-16)10-11-24-18(12-20)14(2)3/h6-9,14,17-18H,5,10-12H2,1-4H3. The van der Waals surface area contributed by atoms with Crippen molar-refractivity contribution >= 4 is 5.97 Å². The van der Waals surface area contributed by atoms with Crippen LogP contribution in [0.5, 0.6) is 0 Å². The highest BCUT2D eigenvalue weighted by Gasteiger charge is 2.49. The molecule has 1 aliphatic rings. The number of nitrogens with zero attached hydrogens (tertiary/aromatic N) is 1. The maximum atomic E-state index is 12.5. The van der Waals surface area contributed by atoms with Gasteiger partial charge in [-0.25, -0.2) is 0 Å². The van der Waals surface area contributed by atoms with E-state index in [2.05, 4.69) is 19.9 Å². The van der Waals surface area contributed by atoms with Crippen molar-refractivity contribution in [1.82, 2.24) is 0 Å². The number of carbonyl (C=O) groups excluding carboxylic acids is 1. The van der Waals surface area contributed by atoms with E-state index in [4.69, 9.17) is 9.47 Å². The van der Waals surface area contributed by atoms with Crippen LogP contribution in [0, 0.1) is 30.1 Å². The van der Waals surface area contributed by atoms with E-state index in [-0.39, 0.29) is 12.7 Å². The molecule has 1 saturated heterocycles. The number of esters is 1. The molecule has 0 bridgehead atoms. The van der Waals surface area contributed by atoms with Crippen LogP contribution in [0.15, 0.2) is 24.3 Å². The Hall–Kier alpha value is -1.86. The second-order valence-corrected chi connectivity index (χ2v) is 6.94. The van der Waals surface area contributed by atoms with Gasteiger partial charge in [-0.15, -0.1) is 0 Å². The van der Waals surface area contributed by atoms with Gasteiger partial charge in [0.1, 0.15) is 0 Å². The molecule has 0 saturated carbocycles. The molecule has 0 aliphatic carbocycles.